The zero-order valence-corrected chi connectivity index (χ0v) is 37.9. The second-order valence-electron chi connectivity index (χ2n) is 15.8. The van der Waals surface area contributed by atoms with Crippen LogP contribution in [0.25, 0.3) is 32.7 Å². The summed E-state index contributed by atoms with van der Waals surface area (Å²) in [5.74, 6) is -1.82. The number of pyridine rings is 1. The summed E-state index contributed by atoms with van der Waals surface area (Å²) in [7, 11) is -0.0340. The van der Waals surface area contributed by atoms with Crippen LogP contribution in [0.15, 0.2) is 58.6 Å². The Morgan fingerprint density at radius 2 is 1.37 bits per heavy atom. The van der Waals surface area contributed by atoms with Crippen molar-refractivity contribution in [2.45, 2.75) is 83.5 Å². The fourth-order valence-electron chi connectivity index (χ4n) is 5.31. The molecule has 0 unspecified atom stereocenters. The standard InChI is InChI=1S/C40H48N6O9S3Si/c1-39(2,3)54-38(51)46-30(31(22-14-12-11-13-15-22)55-59(9,10)40(4,5)6)32(48)42-25(18-47)35-43-26(19-57-35)29-23(33-44-27(20-56-33)36(49)52-7)16-17-24(41-29)34-45-28(21-58-34)37(50)53-8/h11-17,19-21,25,30-31,47H,18H2,1-10H3,(H,42,48)(H,46,51)/t25-,30-,31-/m0/s1. The second kappa shape index (κ2) is 18.6. The molecule has 0 fully saturated rings. The lowest BCUT2D eigenvalue weighted by Crippen LogP contribution is -2.55. The number of hydrogen-bond acceptors (Lipinski definition) is 16. The number of carbonyl (C=O) groups is 4. The summed E-state index contributed by atoms with van der Waals surface area (Å²) in [6.45, 7) is 15.0. The summed E-state index contributed by atoms with van der Waals surface area (Å²) in [5, 5.41) is 22.3. The molecule has 0 aliphatic heterocycles. The molecule has 0 saturated carbocycles. The van der Waals surface area contributed by atoms with E-state index in [1.807, 2.05) is 30.3 Å². The normalized spacial score (nSPS) is 13.5. The van der Waals surface area contributed by atoms with Gasteiger partial charge in [0.05, 0.1) is 32.6 Å². The highest BCUT2D eigenvalue weighted by Crippen LogP contribution is 2.41. The Morgan fingerprint density at radius 3 is 1.95 bits per heavy atom. The minimum absolute atomic E-state index is 0.119. The van der Waals surface area contributed by atoms with Gasteiger partial charge in [-0.1, -0.05) is 51.1 Å². The van der Waals surface area contributed by atoms with E-state index in [1.165, 1.54) is 48.2 Å². The predicted octanol–water partition coefficient (Wildman–Crippen LogP) is 7.83. The number of benzene rings is 1. The number of esters is 2. The molecule has 314 valence electrons. The van der Waals surface area contributed by atoms with E-state index in [1.54, 1.807) is 49.0 Å². The zero-order valence-electron chi connectivity index (χ0n) is 34.4. The van der Waals surface area contributed by atoms with Gasteiger partial charge in [-0.25, -0.2) is 34.3 Å². The molecule has 1 aromatic carbocycles. The number of nitrogens with one attached hydrogen (secondary N) is 2. The van der Waals surface area contributed by atoms with Gasteiger partial charge in [0.2, 0.25) is 5.91 Å². The molecule has 59 heavy (non-hydrogen) atoms. The van der Waals surface area contributed by atoms with Crippen molar-refractivity contribution in [2.24, 2.45) is 0 Å². The Labute approximate surface area is 355 Å². The SMILES string of the molecule is COC(=O)c1csc(-c2ccc(-c3nc(C(=O)OC)cs3)c(-c3csc([C@H](CO)NC(=O)[C@@H](NC(=O)OC(C)(C)C)[C@@H](O[Si](C)(C)C(C)(C)C)c4ccccc4)n3)n2)n1. The maximum atomic E-state index is 14.5. The number of nitrogens with zero attached hydrogens (tertiary/aromatic N) is 4. The van der Waals surface area contributed by atoms with E-state index in [9.17, 15) is 24.3 Å². The molecule has 0 radical (unpaired) electrons. The molecule has 2 amide bonds. The molecule has 0 bridgehead atoms. The van der Waals surface area contributed by atoms with Crippen molar-refractivity contribution in [3.8, 4) is 32.7 Å². The quantitative estimate of drug-likeness (QED) is 0.0554. The fraction of sp³-hybridized carbons (Fsp3) is 0.400. The van der Waals surface area contributed by atoms with Gasteiger partial charge in [0.15, 0.2) is 19.7 Å². The molecule has 3 atom stereocenters. The van der Waals surface area contributed by atoms with E-state index in [0.717, 1.165) is 0 Å². The van der Waals surface area contributed by atoms with Crippen molar-refractivity contribution in [1.29, 1.82) is 0 Å². The van der Waals surface area contributed by atoms with Crippen LogP contribution in [0.4, 0.5) is 4.79 Å². The van der Waals surface area contributed by atoms with Crippen LogP contribution in [-0.2, 0) is 23.4 Å². The van der Waals surface area contributed by atoms with Gasteiger partial charge in [-0.3, -0.25) is 4.79 Å². The molecular formula is C40H48N6O9S3Si. The third-order valence-electron chi connectivity index (χ3n) is 9.32. The highest BCUT2D eigenvalue weighted by molar-refractivity contribution is 7.13. The van der Waals surface area contributed by atoms with Crippen molar-refractivity contribution in [2.75, 3.05) is 20.8 Å². The molecule has 15 nitrogen and oxygen atoms in total. The highest BCUT2D eigenvalue weighted by Gasteiger charge is 2.44. The summed E-state index contributed by atoms with van der Waals surface area (Å²) in [4.78, 5) is 70.9. The number of methoxy groups -OCH3 is 2. The van der Waals surface area contributed by atoms with Crippen LogP contribution in [0.2, 0.25) is 18.1 Å². The van der Waals surface area contributed by atoms with Crippen LogP contribution >= 0.6 is 34.0 Å². The Bertz CT molecular complexity index is 2280. The number of hydrogen-bond donors (Lipinski definition) is 3. The molecule has 0 saturated heterocycles. The zero-order chi connectivity index (χ0) is 43.3. The van der Waals surface area contributed by atoms with E-state index in [-0.39, 0.29) is 16.4 Å². The first-order valence-corrected chi connectivity index (χ1v) is 24.0. The van der Waals surface area contributed by atoms with Gasteiger partial charge >= 0.3 is 18.0 Å². The molecule has 4 aromatic heterocycles. The summed E-state index contributed by atoms with van der Waals surface area (Å²) < 4.78 is 22.2. The van der Waals surface area contributed by atoms with Crippen LogP contribution in [-0.4, -0.2) is 89.8 Å². The van der Waals surface area contributed by atoms with E-state index in [4.69, 9.17) is 28.6 Å². The van der Waals surface area contributed by atoms with Crippen molar-refractivity contribution < 1.29 is 42.9 Å². The van der Waals surface area contributed by atoms with Crippen LogP contribution < -0.4 is 10.6 Å². The number of rotatable bonds is 14. The monoisotopic (exact) mass is 880 g/mol. The lowest BCUT2D eigenvalue weighted by molar-refractivity contribution is -0.127. The minimum Gasteiger partial charge on any atom is -0.464 e. The number of amides is 2. The van der Waals surface area contributed by atoms with Crippen LogP contribution in [0.3, 0.4) is 0 Å². The molecule has 4 heterocycles. The number of carbonyl (C=O) groups excluding carboxylic acids is 4. The van der Waals surface area contributed by atoms with E-state index >= 15 is 0 Å². The lowest BCUT2D eigenvalue weighted by Gasteiger charge is -2.41. The Hall–Kier alpha value is -4.92. The smallest absolute Gasteiger partial charge is 0.408 e. The van der Waals surface area contributed by atoms with E-state index < -0.39 is 62.7 Å². The van der Waals surface area contributed by atoms with Crippen molar-refractivity contribution in [3.63, 3.8) is 0 Å². The van der Waals surface area contributed by atoms with Crippen LogP contribution in [0.1, 0.15) is 85.2 Å². The van der Waals surface area contributed by atoms with Crippen molar-refractivity contribution >= 4 is 66.3 Å². The van der Waals surface area contributed by atoms with Crippen LogP contribution in [0, 0.1) is 0 Å². The van der Waals surface area contributed by atoms with Gasteiger partial charge in [0, 0.05) is 21.7 Å². The largest absolute Gasteiger partial charge is 0.464 e. The molecule has 0 spiro atoms. The Balaban J connectivity index is 1.54. The number of alkyl carbamates (subject to hydrolysis) is 1. The summed E-state index contributed by atoms with van der Waals surface area (Å²) in [5.41, 5.74) is 1.77. The van der Waals surface area contributed by atoms with Gasteiger partial charge in [0.25, 0.3) is 0 Å². The van der Waals surface area contributed by atoms with E-state index in [0.29, 0.717) is 43.2 Å². The predicted molar refractivity (Wildman–Crippen MR) is 229 cm³/mol. The third kappa shape index (κ3) is 11.0. The average Bonchev–Trinajstić information content (AvgIpc) is 3.99. The maximum Gasteiger partial charge on any atom is 0.408 e. The van der Waals surface area contributed by atoms with Crippen molar-refractivity contribution in [3.05, 3.63) is 80.6 Å². The maximum absolute atomic E-state index is 14.5. The molecule has 5 rings (SSSR count). The van der Waals surface area contributed by atoms with Gasteiger partial charge in [-0.05, 0) is 56.6 Å². The van der Waals surface area contributed by atoms with Gasteiger partial charge in [-0.2, -0.15) is 0 Å². The lowest BCUT2D eigenvalue weighted by atomic mass is 10.0. The number of aliphatic hydroxyl groups excluding tert-OH is 1. The molecular weight excluding hydrogens is 833 g/mol. The first kappa shape index (κ1) is 45.2. The average molecular weight is 881 g/mol. The first-order valence-electron chi connectivity index (χ1n) is 18.4. The second-order valence-corrected chi connectivity index (χ2v) is 23.2. The Kier molecular flexibility index (Phi) is 14.2. The van der Waals surface area contributed by atoms with Gasteiger partial charge in [0.1, 0.15) is 44.1 Å². The molecule has 19 heteroatoms. The first-order chi connectivity index (χ1) is 27.7. The van der Waals surface area contributed by atoms with Gasteiger partial charge in [-0.15, -0.1) is 34.0 Å². The summed E-state index contributed by atoms with van der Waals surface area (Å²) >= 11 is 3.59. The number of thiazole rings is 3. The van der Waals surface area contributed by atoms with E-state index in [2.05, 4.69) is 54.5 Å². The Morgan fingerprint density at radius 1 is 0.763 bits per heavy atom. The molecule has 5 aromatic rings. The molecule has 0 aliphatic rings. The molecule has 0 aliphatic carbocycles. The summed E-state index contributed by atoms with van der Waals surface area (Å²) in [6, 6.07) is 10.4. The number of aliphatic hydroxyl groups is 1. The number of aromatic nitrogens is 4. The third-order valence-corrected chi connectivity index (χ3v) is 16.5. The minimum atomic E-state index is -2.58. The topological polar surface area (TPSA) is 201 Å². The molecule has 3 N–H and O–H groups in total. The van der Waals surface area contributed by atoms with Crippen molar-refractivity contribution in [1.82, 2.24) is 30.6 Å². The van der Waals surface area contributed by atoms with Crippen LogP contribution in [0.5, 0.6) is 0 Å². The number of ether oxygens (including phenoxy) is 3. The summed E-state index contributed by atoms with van der Waals surface area (Å²) in [6.07, 6.45) is -1.74. The fourth-order valence-corrected chi connectivity index (χ4v) is 8.99. The van der Waals surface area contributed by atoms with Gasteiger partial charge < -0.3 is 34.4 Å². The highest BCUT2D eigenvalue weighted by atomic mass is 32.1.